The van der Waals surface area contributed by atoms with Gasteiger partial charge in [-0.2, -0.15) is 0 Å². The molecule has 0 aromatic rings. The summed E-state index contributed by atoms with van der Waals surface area (Å²) in [5, 5.41) is 0. The van der Waals surface area contributed by atoms with E-state index >= 15 is 0 Å². The van der Waals surface area contributed by atoms with Crippen molar-refractivity contribution >= 4 is 0 Å². The molecule has 0 fully saturated rings. The van der Waals surface area contributed by atoms with Crippen LogP contribution in [0.2, 0.25) is 0 Å². The van der Waals surface area contributed by atoms with Gasteiger partial charge in [0, 0.05) is 396 Å². The third-order valence-corrected chi connectivity index (χ3v) is 0. The van der Waals surface area contributed by atoms with Gasteiger partial charge in [-0.15, -0.1) is 0 Å². The first-order chi connectivity index (χ1) is 0. The fourth-order valence-electron chi connectivity index (χ4n) is 0. The SMILES string of the molecule is [Os].[Os].[Os].[Os].[Os].[Os].[Os].[Os].[Os].[Os].[Os].[Os].[Os].[Os].[Os].[Os].[Os].[Os].[Os].[Os]. The molecule has 0 unspecified atom stereocenters. The number of hydrogen-bond donors (Lipinski definition) is 0. The first-order valence-electron chi connectivity index (χ1n) is 0. The Morgan fingerprint density at radius 3 is 0.0500 bits per heavy atom. The van der Waals surface area contributed by atoms with Crippen LogP contribution in [0.15, 0.2) is 0 Å². The zero-order chi connectivity index (χ0) is 0. The zero-order valence-corrected chi connectivity index (χ0v) is 57.9. The molecular weight excluding hydrogens is 3800 g/mol. The molecule has 0 aliphatic carbocycles. The summed E-state index contributed by atoms with van der Waals surface area (Å²) in [6.45, 7) is 0. The van der Waals surface area contributed by atoms with E-state index in [2.05, 4.69) is 0 Å². The first kappa shape index (κ1) is 203. The topological polar surface area (TPSA) is 0 Å². The normalized spacial score (nSPS) is 0. The molecule has 0 atom stereocenters. The van der Waals surface area contributed by atoms with Gasteiger partial charge in [-0.3, -0.25) is 0 Å². The van der Waals surface area contributed by atoms with Crippen LogP contribution in [0.5, 0.6) is 0 Å². The van der Waals surface area contributed by atoms with E-state index < -0.39 is 0 Å². The average Bonchev–Trinajstić information content (AvgIpc) is 0. The van der Waals surface area contributed by atoms with Crippen molar-refractivity contribution in [2.75, 3.05) is 0 Å². The van der Waals surface area contributed by atoms with E-state index in [1.54, 1.807) is 0 Å². The summed E-state index contributed by atoms with van der Waals surface area (Å²) in [6.07, 6.45) is 0. The van der Waals surface area contributed by atoms with Crippen LogP contribution in [0.4, 0.5) is 0 Å². The van der Waals surface area contributed by atoms with Gasteiger partial charge < -0.3 is 0 Å². The van der Waals surface area contributed by atoms with Gasteiger partial charge in [0.25, 0.3) is 0 Å². The summed E-state index contributed by atoms with van der Waals surface area (Å²) < 4.78 is 0. The van der Waals surface area contributed by atoms with E-state index in [4.69, 9.17) is 0 Å². The van der Waals surface area contributed by atoms with Crippen LogP contribution < -0.4 is 0 Å². The van der Waals surface area contributed by atoms with Crippen molar-refractivity contribution < 1.29 is 396 Å². The minimum absolute atomic E-state index is 0. The van der Waals surface area contributed by atoms with Crippen molar-refractivity contribution in [1.82, 2.24) is 0 Å². The Morgan fingerprint density at radius 1 is 0.0500 bits per heavy atom. The van der Waals surface area contributed by atoms with Gasteiger partial charge in [0.15, 0.2) is 0 Å². The predicted octanol–water partition coefficient (Wildman–Crippen LogP) is -0.0500. The number of hydrogen-bond acceptors (Lipinski definition) is 0. The van der Waals surface area contributed by atoms with Crippen molar-refractivity contribution in [3.05, 3.63) is 0 Å². The maximum atomic E-state index is 0. The molecule has 0 aliphatic heterocycles. The van der Waals surface area contributed by atoms with Crippen LogP contribution in [0.25, 0.3) is 0 Å². The molecule has 0 saturated carbocycles. The fourth-order valence-corrected chi connectivity index (χ4v) is 0. The molecule has 160 valence electrons. The van der Waals surface area contributed by atoms with Crippen molar-refractivity contribution in [3.63, 3.8) is 0 Å². The van der Waals surface area contributed by atoms with Gasteiger partial charge >= 0.3 is 0 Å². The Morgan fingerprint density at radius 2 is 0.0500 bits per heavy atom. The quantitative estimate of drug-likeness (QED) is 0.320. The largest absolute Gasteiger partial charge is 0 e. The third-order valence-electron chi connectivity index (χ3n) is 0. The average molecular weight is 3800 g/mol. The molecule has 0 aromatic carbocycles. The molecule has 0 bridgehead atoms. The molecule has 0 rings (SSSR count). The van der Waals surface area contributed by atoms with E-state index in [1.165, 1.54) is 0 Å². The van der Waals surface area contributed by atoms with Crippen LogP contribution >= 0.6 is 0 Å². The van der Waals surface area contributed by atoms with Crippen LogP contribution in [-0.4, -0.2) is 0 Å². The van der Waals surface area contributed by atoms with Gasteiger partial charge in [-0.25, -0.2) is 0 Å². The molecule has 0 amide bonds. The van der Waals surface area contributed by atoms with Crippen molar-refractivity contribution in [2.45, 2.75) is 0 Å². The van der Waals surface area contributed by atoms with Gasteiger partial charge in [0.1, 0.15) is 0 Å². The Balaban J connectivity index is 0. The van der Waals surface area contributed by atoms with Gasteiger partial charge in [0.2, 0.25) is 0 Å². The molecule has 0 aliphatic rings. The second-order valence-electron chi connectivity index (χ2n) is 0. The second kappa shape index (κ2) is 185. The van der Waals surface area contributed by atoms with E-state index in [1.807, 2.05) is 0 Å². The van der Waals surface area contributed by atoms with Gasteiger partial charge in [0.05, 0.1) is 0 Å². The van der Waals surface area contributed by atoms with Gasteiger partial charge in [-0.1, -0.05) is 0 Å². The Bertz CT molecular complexity index is 0. The number of rotatable bonds is 0. The van der Waals surface area contributed by atoms with E-state index in [-0.39, 0.29) is 396 Å². The van der Waals surface area contributed by atoms with Gasteiger partial charge in [-0.05, 0) is 0 Å². The maximum absolute atomic E-state index is 0. The smallest absolute Gasteiger partial charge is 0 e. The predicted molar refractivity (Wildman–Crippen MR) is 0 cm³/mol. The molecule has 0 saturated heterocycles. The Labute approximate surface area is 385 Å². The summed E-state index contributed by atoms with van der Waals surface area (Å²) in [6, 6.07) is 0. The Hall–Kier alpha value is 12.7. The summed E-state index contributed by atoms with van der Waals surface area (Å²) >= 11 is 0. The molecule has 0 nitrogen and oxygen atoms in total. The standard InChI is InChI=1S/20Os. The van der Waals surface area contributed by atoms with Crippen molar-refractivity contribution in [3.8, 4) is 0 Å². The summed E-state index contributed by atoms with van der Waals surface area (Å²) in [5.41, 5.74) is 0. The van der Waals surface area contributed by atoms with Crippen LogP contribution in [-0.2, 0) is 396 Å². The minimum atomic E-state index is 0. The molecule has 0 spiro atoms. The fraction of sp³-hybridized carbons (Fsp3) is 0. The molecule has 0 aromatic heterocycles. The van der Waals surface area contributed by atoms with Crippen molar-refractivity contribution in [2.24, 2.45) is 0 Å². The van der Waals surface area contributed by atoms with Crippen LogP contribution in [0.3, 0.4) is 0 Å². The van der Waals surface area contributed by atoms with E-state index in [9.17, 15) is 0 Å². The summed E-state index contributed by atoms with van der Waals surface area (Å²) in [4.78, 5) is 0. The van der Waals surface area contributed by atoms with Crippen molar-refractivity contribution in [1.29, 1.82) is 0 Å². The first-order valence-corrected chi connectivity index (χ1v) is 0. The zero-order valence-electron chi connectivity index (χ0n) is 7.07. The van der Waals surface area contributed by atoms with E-state index in [0.717, 1.165) is 0 Å². The molecule has 0 radical (unpaired) electrons. The monoisotopic (exact) mass is 3840 g/mol. The summed E-state index contributed by atoms with van der Waals surface area (Å²) in [7, 11) is 0. The molecule has 0 heterocycles. The minimum Gasteiger partial charge on any atom is 0 e. The van der Waals surface area contributed by atoms with Crippen LogP contribution in [0.1, 0.15) is 0 Å². The molecule has 20 heavy (non-hydrogen) atoms. The summed E-state index contributed by atoms with van der Waals surface area (Å²) in [5.74, 6) is 0. The molecule has 0 N–H and O–H groups in total. The molecule has 20 heteroatoms. The molecular formula is Os20. The third kappa shape index (κ3) is 168. The Kier molecular flexibility index (Phi) is 1880. The second-order valence-corrected chi connectivity index (χ2v) is 0. The van der Waals surface area contributed by atoms with E-state index in [0.29, 0.717) is 0 Å². The van der Waals surface area contributed by atoms with Crippen LogP contribution in [0, 0.1) is 0 Å². The maximum Gasteiger partial charge on any atom is 0 e.